The van der Waals surface area contributed by atoms with Crippen LogP contribution in [0, 0.1) is 0 Å². The number of rotatable bonds is 21. The minimum absolute atomic E-state index is 0.0226. The third-order valence-corrected chi connectivity index (χ3v) is 12.0. The number of aliphatic hydroxyl groups is 1. The normalized spacial score (nSPS) is 19.7. The summed E-state index contributed by atoms with van der Waals surface area (Å²) in [4.78, 5) is 116. The highest BCUT2D eigenvalue weighted by atomic mass is 16.5. The summed E-state index contributed by atoms with van der Waals surface area (Å²) < 4.78 is 4.92. The lowest BCUT2D eigenvalue weighted by atomic mass is 10.0. The zero-order chi connectivity index (χ0) is 47.8. The van der Waals surface area contributed by atoms with Gasteiger partial charge in [0.25, 0.3) is 0 Å². The van der Waals surface area contributed by atoms with Gasteiger partial charge < -0.3 is 63.0 Å². The standard InChI is InChI=1S/C45H63N11O10/c1-66-44(65)32(25-29-14-6-3-7-15-29)52-40(61)35-18-10-21-54(35)42(63)33(27-57)53-38(59)31(24-28-12-4-2-5-13-28)51-37(58)26-50-39(60)34-17-9-22-55(34)43(64)36-19-11-23-56(36)41(62)30(46)16-8-20-49-45(47)48/h2-7,12-15,30-36,57H,8-11,16-27,46H2,1H3,(H,50,60)(H,51,58)(H,52,61)(H,53,59)(H4,47,48,49)/t30-,31-,32-,33-,34-,35-,36-/m0/s1. The number of guanidine groups is 1. The summed E-state index contributed by atoms with van der Waals surface area (Å²) in [6.45, 7) is -0.303. The molecular weight excluding hydrogens is 855 g/mol. The van der Waals surface area contributed by atoms with Gasteiger partial charge in [-0.1, -0.05) is 60.7 Å². The molecule has 0 spiro atoms. The van der Waals surface area contributed by atoms with Crippen LogP contribution in [0.15, 0.2) is 65.7 Å². The number of ether oxygens (including phenoxy) is 1. The molecule has 21 heteroatoms. The van der Waals surface area contributed by atoms with E-state index in [0.29, 0.717) is 63.6 Å². The lowest BCUT2D eigenvalue weighted by molar-refractivity contribution is -0.147. The molecule has 7 amide bonds. The molecule has 0 aliphatic carbocycles. The fourth-order valence-corrected chi connectivity index (χ4v) is 8.64. The maximum absolute atomic E-state index is 13.9. The number of likely N-dealkylation sites (tertiary alicyclic amines) is 3. The van der Waals surface area contributed by atoms with Gasteiger partial charge in [0, 0.05) is 39.0 Å². The number of benzene rings is 2. The third kappa shape index (κ3) is 13.7. The van der Waals surface area contributed by atoms with Crippen LogP contribution in [0.25, 0.3) is 0 Å². The predicted molar refractivity (Wildman–Crippen MR) is 240 cm³/mol. The molecule has 7 atom stereocenters. The van der Waals surface area contributed by atoms with E-state index >= 15 is 0 Å². The molecule has 0 unspecified atom stereocenters. The van der Waals surface area contributed by atoms with Crippen LogP contribution in [0.4, 0.5) is 0 Å². The molecule has 21 nitrogen and oxygen atoms in total. The minimum atomic E-state index is -1.50. The van der Waals surface area contributed by atoms with Crippen LogP contribution in [-0.2, 0) is 55.9 Å². The van der Waals surface area contributed by atoms with Crippen molar-refractivity contribution in [3.8, 4) is 0 Å². The van der Waals surface area contributed by atoms with Crippen LogP contribution < -0.4 is 38.5 Å². The first-order valence-corrected chi connectivity index (χ1v) is 22.4. The first-order valence-electron chi connectivity index (χ1n) is 22.4. The van der Waals surface area contributed by atoms with E-state index in [0.717, 1.165) is 5.56 Å². The zero-order valence-electron chi connectivity index (χ0n) is 37.3. The number of amides is 7. The van der Waals surface area contributed by atoms with Crippen molar-refractivity contribution in [2.24, 2.45) is 22.2 Å². The van der Waals surface area contributed by atoms with Crippen molar-refractivity contribution in [1.29, 1.82) is 0 Å². The number of esters is 1. The van der Waals surface area contributed by atoms with Gasteiger partial charge in [-0.2, -0.15) is 0 Å². The third-order valence-electron chi connectivity index (χ3n) is 12.0. The largest absolute Gasteiger partial charge is 0.467 e. The highest BCUT2D eigenvalue weighted by Gasteiger charge is 2.43. The van der Waals surface area contributed by atoms with E-state index in [1.54, 1.807) is 54.6 Å². The molecular formula is C45H63N11O10. The molecule has 3 saturated heterocycles. The Bertz CT molecular complexity index is 2050. The van der Waals surface area contributed by atoms with E-state index in [1.165, 1.54) is 21.8 Å². The summed E-state index contributed by atoms with van der Waals surface area (Å²) in [5.41, 5.74) is 18.4. The SMILES string of the molecule is COC(=O)[C@H](Cc1ccccc1)NC(=O)[C@@H]1CCCN1C(=O)[C@H](CO)NC(=O)[C@H](Cc1ccccc1)NC(=O)CNC(=O)[C@@H]1CCCN1C(=O)[C@@H]1CCCN1C(=O)[C@@H](N)CCCN=C(N)N. The van der Waals surface area contributed by atoms with Crippen molar-refractivity contribution < 1.29 is 48.2 Å². The maximum atomic E-state index is 13.9. The van der Waals surface area contributed by atoms with E-state index in [1.807, 2.05) is 6.07 Å². The van der Waals surface area contributed by atoms with E-state index in [4.69, 9.17) is 21.9 Å². The molecule has 5 rings (SSSR count). The monoisotopic (exact) mass is 917 g/mol. The fraction of sp³-hybridized carbons (Fsp3) is 0.533. The Kier molecular flexibility index (Phi) is 18.8. The van der Waals surface area contributed by atoms with E-state index in [2.05, 4.69) is 26.3 Å². The Morgan fingerprint density at radius 2 is 1.26 bits per heavy atom. The molecule has 3 heterocycles. The van der Waals surface area contributed by atoms with Gasteiger partial charge in [-0.25, -0.2) is 4.79 Å². The van der Waals surface area contributed by atoms with Gasteiger partial charge in [-0.3, -0.25) is 38.6 Å². The molecule has 3 aliphatic rings. The number of nitrogens with zero attached hydrogens (tertiary/aromatic N) is 4. The Balaban J connectivity index is 1.18. The van der Waals surface area contributed by atoms with Gasteiger partial charge in [0.15, 0.2) is 5.96 Å². The number of carbonyl (C=O) groups excluding carboxylic acids is 8. The van der Waals surface area contributed by atoms with Gasteiger partial charge >= 0.3 is 5.97 Å². The van der Waals surface area contributed by atoms with Crippen LogP contribution in [0.5, 0.6) is 0 Å². The molecule has 11 N–H and O–H groups in total. The number of aliphatic imine (C=N–C) groups is 1. The molecule has 358 valence electrons. The van der Waals surface area contributed by atoms with Gasteiger partial charge in [-0.05, 0) is 62.5 Å². The van der Waals surface area contributed by atoms with Crippen molar-refractivity contribution in [3.05, 3.63) is 71.8 Å². The quantitative estimate of drug-likeness (QED) is 0.0280. The number of nitrogens with two attached hydrogens (primary N) is 3. The fourth-order valence-electron chi connectivity index (χ4n) is 8.64. The average Bonchev–Trinajstić information content (AvgIpc) is 4.13. The number of hydrogen-bond donors (Lipinski definition) is 8. The Morgan fingerprint density at radius 3 is 1.83 bits per heavy atom. The number of carbonyl (C=O) groups is 8. The summed E-state index contributed by atoms with van der Waals surface area (Å²) in [5, 5.41) is 20.8. The zero-order valence-corrected chi connectivity index (χ0v) is 37.3. The maximum Gasteiger partial charge on any atom is 0.328 e. The molecule has 3 aliphatic heterocycles. The molecule has 0 radical (unpaired) electrons. The van der Waals surface area contributed by atoms with E-state index in [-0.39, 0.29) is 50.1 Å². The molecule has 2 aromatic rings. The van der Waals surface area contributed by atoms with Crippen molar-refractivity contribution in [3.63, 3.8) is 0 Å². The first-order chi connectivity index (χ1) is 31.7. The summed E-state index contributed by atoms with van der Waals surface area (Å²) >= 11 is 0. The van der Waals surface area contributed by atoms with Crippen LogP contribution >= 0.6 is 0 Å². The van der Waals surface area contributed by atoms with Crippen molar-refractivity contribution in [1.82, 2.24) is 36.0 Å². The van der Waals surface area contributed by atoms with Crippen LogP contribution in [0.3, 0.4) is 0 Å². The Morgan fingerprint density at radius 1 is 0.712 bits per heavy atom. The summed E-state index contributed by atoms with van der Waals surface area (Å²) in [6.07, 6.45) is 3.48. The van der Waals surface area contributed by atoms with E-state index in [9.17, 15) is 43.5 Å². The Labute approximate surface area is 383 Å². The molecule has 3 fully saturated rings. The Hall–Kier alpha value is -6.61. The minimum Gasteiger partial charge on any atom is -0.467 e. The van der Waals surface area contributed by atoms with Crippen LogP contribution in [0.2, 0.25) is 0 Å². The molecule has 0 bridgehead atoms. The predicted octanol–water partition coefficient (Wildman–Crippen LogP) is -2.44. The number of hydrogen-bond acceptors (Lipinski definition) is 12. The highest BCUT2D eigenvalue weighted by Crippen LogP contribution is 2.26. The van der Waals surface area contributed by atoms with Crippen LogP contribution in [0.1, 0.15) is 62.5 Å². The van der Waals surface area contributed by atoms with Crippen LogP contribution in [-0.4, -0.2) is 162 Å². The van der Waals surface area contributed by atoms with Crippen molar-refractivity contribution in [2.45, 2.75) is 107 Å². The van der Waals surface area contributed by atoms with E-state index < -0.39 is 90.9 Å². The molecule has 0 saturated carbocycles. The van der Waals surface area contributed by atoms with Crippen molar-refractivity contribution >= 4 is 53.3 Å². The average molecular weight is 918 g/mol. The van der Waals surface area contributed by atoms with Gasteiger partial charge in [-0.15, -0.1) is 0 Å². The smallest absolute Gasteiger partial charge is 0.328 e. The highest BCUT2D eigenvalue weighted by molar-refractivity contribution is 5.97. The second kappa shape index (κ2) is 24.6. The topological polar surface area (TPSA) is 314 Å². The second-order valence-corrected chi connectivity index (χ2v) is 16.7. The lowest BCUT2D eigenvalue weighted by Gasteiger charge is -2.32. The molecule has 0 aromatic heterocycles. The molecule has 2 aromatic carbocycles. The number of nitrogens with one attached hydrogen (secondary N) is 4. The summed E-state index contributed by atoms with van der Waals surface area (Å²) in [6, 6.07) is 10.4. The lowest BCUT2D eigenvalue weighted by Crippen LogP contribution is -2.59. The number of methoxy groups -OCH3 is 1. The number of aliphatic hydroxyl groups excluding tert-OH is 1. The summed E-state index contributed by atoms with van der Waals surface area (Å²) in [7, 11) is 1.21. The van der Waals surface area contributed by atoms with Crippen molar-refractivity contribution in [2.75, 3.05) is 46.4 Å². The first kappa shape index (κ1) is 50.4. The van der Waals surface area contributed by atoms with Gasteiger partial charge in [0.2, 0.25) is 41.4 Å². The van der Waals surface area contributed by atoms with Gasteiger partial charge in [0.05, 0.1) is 26.3 Å². The molecule has 66 heavy (non-hydrogen) atoms. The second-order valence-electron chi connectivity index (χ2n) is 16.7. The summed E-state index contributed by atoms with van der Waals surface area (Å²) in [5.74, 6) is -4.94. The van der Waals surface area contributed by atoms with Gasteiger partial charge in [0.1, 0.15) is 36.3 Å².